The van der Waals surface area contributed by atoms with Crippen LogP contribution in [0.3, 0.4) is 0 Å². The molecule has 0 spiro atoms. The van der Waals surface area contributed by atoms with Crippen LogP contribution < -0.4 is 9.62 Å². The van der Waals surface area contributed by atoms with Crippen molar-refractivity contribution in [1.29, 1.82) is 0 Å². The third kappa shape index (κ3) is 4.48. The molecule has 2 rings (SSSR count). The Labute approximate surface area is 164 Å². The summed E-state index contributed by atoms with van der Waals surface area (Å²) in [4.78, 5) is 23.0. The maximum absolute atomic E-state index is 13.3. The smallest absolute Gasteiger partial charge is 0.265 e. The minimum atomic E-state index is -4.07. The average Bonchev–Trinajstić information content (AvgIpc) is 2.57. The highest BCUT2D eigenvalue weighted by Gasteiger charge is 2.34. The molecule has 0 bridgehead atoms. The monoisotopic (exact) mass is 408 g/mol. The highest BCUT2D eigenvalue weighted by molar-refractivity contribution is 7.93. The predicted molar refractivity (Wildman–Crippen MR) is 107 cm³/mol. The number of rotatable bonds is 6. The van der Waals surface area contributed by atoms with Gasteiger partial charge in [-0.25, -0.2) is 8.42 Å². The fourth-order valence-corrected chi connectivity index (χ4v) is 4.70. The summed E-state index contributed by atoms with van der Waals surface area (Å²) >= 11 is 5.66. The molecule has 6 nitrogen and oxygen atoms in total. The Balaban J connectivity index is 2.61. The quantitative estimate of drug-likeness (QED) is 0.740. The molecule has 0 aliphatic carbocycles. The Morgan fingerprint density at radius 2 is 1.56 bits per heavy atom. The van der Waals surface area contributed by atoms with E-state index in [2.05, 4.69) is 5.32 Å². The van der Waals surface area contributed by atoms with Crippen LogP contribution in [0.2, 0.25) is 0 Å². The minimum absolute atomic E-state index is 0.0102. The zero-order chi connectivity index (χ0) is 20.4. The lowest BCUT2D eigenvalue weighted by Gasteiger charge is -2.31. The molecule has 0 saturated carbocycles. The Morgan fingerprint density at radius 1 is 1.04 bits per heavy atom. The van der Waals surface area contributed by atoms with Gasteiger partial charge in [-0.3, -0.25) is 13.9 Å². The molecule has 0 saturated heterocycles. The Kier molecular flexibility index (Phi) is 6.28. The standard InChI is InChI=1S/C19H21ClN2O4S/c1-12-6-5-7-13(2)18(12)22(14(3)19(20)24)27(25,26)17-10-8-16(9-11-17)21-15(4)23/h5-11,14H,1-4H3,(H,21,23). The van der Waals surface area contributed by atoms with Crippen LogP contribution in [0.1, 0.15) is 25.0 Å². The first-order chi connectivity index (χ1) is 12.6. The number of para-hydroxylation sites is 1. The van der Waals surface area contributed by atoms with Crippen molar-refractivity contribution in [3.05, 3.63) is 53.6 Å². The van der Waals surface area contributed by atoms with Crippen molar-refractivity contribution in [2.75, 3.05) is 9.62 Å². The molecule has 0 aliphatic rings. The Morgan fingerprint density at radius 3 is 2.00 bits per heavy atom. The average molecular weight is 409 g/mol. The molecule has 1 unspecified atom stereocenters. The van der Waals surface area contributed by atoms with E-state index in [0.29, 0.717) is 22.5 Å². The van der Waals surface area contributed by atoms with Gasteiger partial charge in [0.1, 0.15) is 6.04 Å². The molecule has 0 heterocycles. The normalized spacial score (nSPS) is 12.3. The second-order valence-electron chi connectivity index (χ2n) is 6.23. The van der Waals surface area contributed by atoms with Crippen LogP contribution in [0.25, 0.3) is 0 Å². The van der Waals surface area contributed by atoms with E-state index < -0.39 is 21.3 Å². The van der Waals surface area contributed by atoms with Crippen LogP contribution in [0.4, 0.5) is 11.4 Å². The fourth-order valence-electron chi connectivity index (χ4n) is 2.79. The maximum atomic E-state index is 13.3. The third-order valence-electron chi connectivity index (χ3n) is 4.07. The first-order valence-electron chi connectivity index (χ1n) is 8.23. The van der Waals surface area contributed by atoms with Gasteiger partial charge in [0.2, 0.25) is 11.1 Å². The van der Waals surface area contributed by atoms with Crippen LogP contribution in [0, 0.1) is 13.8 Å². The lowest BCUT2D eigenvalue weighted by molar-refractivity contribution is -0.114. The summed E-state index contributed by atoms with van der Waals surface area (Å²) < 4.78 is 27.7. The number of aryl methyl sites for hydroxylation is 2. The van der Waals surface area contributed by atoms with Crippen molar-refractivity contribution in [2.24, 2.45) is 0 Å². The summed E-state index contributed by atoms with van der Waals surface area (Å²) in [5, 5.41) is 1.80. The molecular weight excluding hydrogens is 388 g/mol. The molecule has 1 atom stereocenters. The minimum Gasteiger partial charge on any atom is -0.326 e. The highest BCUT2D eigenvalue weighted by Crippen LogP contribution is 2.33. The summed E-state index contributed by atoms with van der Waals surface area (Å²) in [6, 6.07) is 10.0. The first-order valence-corrected chi connectivity index (χ1v) is 10.0. The molecule has 1 amide bonds. The number of carbonyl (C=O) groups is 2. The summed E-state index contributed by atoms with van der Waals surface area (Å²) in [5.74, 6) is -0.260. The number of carbonyl (C=O) groups excluding carboxylic acids is 2. The summed E-state index contributed by atoms with van der Waals surface area (Å²) in [6.07, 6.45) is 0. The van der Waals surface area contributed by atoms with Gasteiger partial charge in [0.15, 0.2) is 0 Å². The molecule has 1 N–H and O–H groups in total. The number of amides is 1. The number of anilines is 2. The SMILES string of the molecule is CC(=O)Nc1ccc(S(=O)(=O)N(c2c(C)cccc2C)C(C)C(=O)Cl)cc1. The summed E-state index contributed by atoms with van der Waals surface area (Å²) in [7, 11) is -4.07. The van der Waals surface area contributed by atoms with Gasteiger partial charge < -0.3 is 5.32 Å². The van der Waals surface area contributed by atoms with E-state index in [1.165, 1.54) is 38.1 Å². The second-order valence-corrected chi connectivity index (χ2v) is 8.41. The molecule has 0 aliphatic heterocycles. The first kappa shape index (κ1) is 20.9. The fraction of sp³-hybridized carbons (Fsp3) is 0.263. The van der Waals surface area contributed by atoms with Gasteiger partial charge in [-0.1, -0.05) is 18.2 Å². The molecule has 27 heavy (non-hydrogen) atoms. The van der Waals surface area contributed by atoms with Gasteiger partial charge in [-0.05, 0) is 67.8 Å². The molecule has 144 valence electrons. The van der Waals surface area contributed by atoms with Crippen LogP contribution in [-0.2, 0) is 19.6 Å². The van der Waals surface area contributed by atoms with Gasteiger partial charge in [-0.2, -0.15) is 0 Å². The van der Waals surface area contributed by atoms with Crippen LogP contribution in [0.5, 0.6) is 0 Å². The molecule has 2 aromatic carbocycles. The third-order valence-corrected chi connectivity index (χ3v) is 6.27. The van der Waals surface area contributed by atoms with Gasteiger partial charge >= 0.3 is 0 Å². The summed E-state index contributed by atoms with van der Waals surface area (Å²) in [5.41, 5.74) is 2.31. The highest BCUT2D eigenvalue weighted by atomic mass is 35.5. The zero-order valence-corrected chi connectivity index (χ0v) is 17.1. The molecular formula is C19H21ClN2O4S. The van der Waals surface area contributed by atoms with Crippen molar-refractivity contribution < 1.29 is 18.0 Å². The van der Waals surface area contributed by atoms with E-state index in [1.807, 2.05) is 6.07 Å². The Bertz CT molecular complexity index is 951. The number of nitrogens with zero attached hydrogens (tertiary/aromatic N) is 1. The number of nitrogens with one attached hydrogen (secondary N) is 1. The van der Waals surface area contributed by atoms with Crippen molar-refractivity contribution in [2.45, 2.75) is 38.6 Å². The van der Waals surface area contributed by atoms with Crippen molar-refractivity contribution in [3.8, 4) is 0 Å². The molecule has 0 radical (unpaired) electrons. The number of hydrogen-bond acceptors (Lipinski definition) is 4. The van der Waals surface area contributed by atoms with Gasteiger partial charge in [0.05, 0.1) is 10.6 Å². The number of benzene rings is 2. The van der Waals surface area contributed by atoms with E-state index in [0.717, 1.165) is 4.31 Å². The Hall–Kier alpha value is -2.38. The lowest BCUT2D eigenvalue weighted by Crippen LogP contribution is -2.42. The van der Waals surface area contributed by atoms with Crippen molar-refractivity contribution in [3.63, 3.8) is 0 Å². The molecule has 0 fully saturated rings. The maximum Gasteiger partial charge on any atom is 0.265 e. The lowest BCUT2D eigenvalue weighted by atomic mass is 10.1. The van der Waals surface area contributed by atoms with Crippen molar-refractivity contribution >= 4 is 44.1 Å². The van der Waals surface area contributed by atoms with Gasteiger partial charge in [0.25, 0.3) is 10.0 Å². The number of hydrogen-bond donors (Lipinski definition) is 1. The van der Waals surface area contributed by atoms with E-state index in [-0.39, 0.29) is 10.8 Å². The number of halogens is 1. The van der Waals surface area contributed by atoms with E-state index >= 15 is 0 Å². The van der Waals surface area contributed by atoms with Gasteiger partial charge in [-0.15, -0.1) is 0 Å². The van der Waals surface area contributed by atoms with E-state index in [4.69, 9.17) is 11.6 Å². The molecule has 2 aromatic rings. The largest absolute Gasteiger partial charge is 0.326 e. The van der Waals surface area contributed by atoms with E-state index in [1.54, 1.807) is 26.0 Å². The van der Waals surface area contributed by atoms with Gasteiger partial charge in [0, 0.05) is 12.6 Å². The molecule has 0 aromatic heterocycles. The topological polar surface area (TPSA) is 83.6 Å². The number of sulfonamides is 1. The van der Waals surface area contributed by atoms with Crippen molar-refractivity contribution in [1.82, 2.24) is 0 Å². The predicted octanol–water partition coefficient (Wildman–Crippen LogP) is 3.61. The zero-order valence-electron chi connectivity index (χ0n) is 15.5. The second kappa shape index (κ2) is 8.10. The van der Waals surface area contributed by atoms with Crippen LogP contribution in [0.15, 0.2) is 47.4 Å². The van der Waals surface area contributed by atoms with Crippen LogP contribution in [-0.4, -0.2) is 25.6 Å². The molecule has 8 heteroatoms. The summed E-state index contributed by atoms with van der Waals surface area (Å²) in [6.45, 7) is 6.36. The van der Waals surface area contributed by atoms with E-state index in [9.17, 15) is 18.0 Å². The van der Waals surface area contributed by atoms with Crippen LogP contribution >= 0.6 is 11.6 Å².